The highest BCUT2D eigenvalue weighted by Crippen LogP contribution is 2.06. The lowest BCUT2D eigenvalue weighted by atomic mass is 10.2. The molecule has 0 saturated carbocycles. The Kier molecular flexibility index (Phi) is 2.11. The molecular formula is C8H10N2O. The van der Waals surface area contributed by atoms with Crippen LogP contribution in [0, 0.1) is 0 Å². The van der Waals surface area contributed by atoms with E-state index in [1.54, 1.807) is 18.4 Å². The first-order valence-electron chi connectivity index (χ1n) is 3.30. The molecule has 3 heteroatoms. The molecule has 0 aromatic heterocycles. The standard InChI is InChI=1S/C8H10N2O/c1-2-7-4-3-5-10(6-7)8(9)11/h2-5H,1,6H2,(H2,9,11). The molecule has 58 valence electrons. The van der Waals surface area contributed by atoms with Crippen molar-refractivity contribution in [3.8, 4) is 0 Å². The van der Waals surface area contributed by atoms with Gasteiger partial charge in [0.15, 0.2) is 0 Å². The van der Waals surface area contributed by atoms with Crippen LogP contribution in [0.4, 0.5) is 4.79 Å². The van der Waals surface area contributed by atoms with Gasteiger partial charge in [0, 0.05) is 6.20 Å². The van der Waals surface area contributed by atoms with Gasteiger partial charge < -0.3 is 5.73 Å². The van der Waals surface area contributed by atoms with Gasteiger partial charge in [-0.1, -0.05) is 18.7 Å². The van der Waals surface area contributed by atoms with E-state index in [0.29, 0.717) is 6.54 Å². The second kappa shape index (κ2) is 3.05. The van der Waals surface area contributed by atoms with Crippen molar-refractivity contribution in [1.29, 1.82) is 0 Å². The van der Waals surface area contributed by atoms with Crippen molar-refractivity contribution < 1.29 is 4.79 Å². The summed E-state index contributed by atoms with van der Waals surface area (Å²) in [6.07, 6.45) is 7.02. The molecule has 0 spiro atoms. The first-order valence-corrected chi connectivity index (χ1v) is 3.30. The van der Waals surface area contributed by atoms with E-state index < -0.39 is 6.03 Å². The fraction of sp³-hybridized carbons (Fsp3) is 0.125. The van der Waals surface area contributed by atoms with E-state index in [2.05, 4.69) is 6.58 Å². The van der Waals surface area contributed by atoms with Crippen molar-refractivity contribution in [2.24, 2.45) is 5.73 Å². The molecule has 0 aromatic rings. The average molecular weight is 150 g/mol. The number of nitrogens with two attached hydrogens (primary N) is 1. The monoisotopic (exact) mass is 150 g/mol. The average Bonchev–Trinajstić information content (AvgIpc) is 2.05. The summed E-state index contributed by atoms with van der Waals surface area (Å²) in [5, 5.41) is 0. The topological polar surface area (TPSA) is 46.3 Å². The largest absolute Gasteiger partial charge is 0.351 e. The molecule has 1 aliphatic rings. The minimum Gasteiger partial charge on any atom is -0.351 e. The van der Waals surface area contributed by atoms with Crippen LogP contribution < -0.4 is 5.73 Å². The Hall–Kier alpha value is -1.51. The molecule has 0 fully saturated rings. The van der Waals surface area contributed by atoms with Crippen molar-refractivity contribution in [1.82, 2.24) is 4.90 Å². The Morgan fingerprint density at radius 3 is 3.09 bits per heavy atom. The van der Waals surface area contributed by atoms with Crippen molar-refractivity contribution in [2.75, 3.05) is 6.54 Å². The molecule has 2 amide bonds. The Morgan fingerprint density at radius 1 is 1.82 bits per heavy atom. The number of rotatable bonds is 1. The van der Waals surface area contributed by atoms with Gasteiger partial charge in [-0.3, -0.25) is 4.90 Å². The van der Waals surface area contributed by atoms with Gasteiger partial charge in [0.2, 0.25) is 0 Å². The molecule has 1 aliphatic heterocycles. The summed E-state index contributed by atoms with van der Waals surface area (Å²) >= 11 is 0. The molecule has 0 bridgehead atoms. The molecular weight excluding hydrogens is 140 g/mol. The van der Waals surface area contributed by atoms with Gasteiger partial charge >= 0.3 is 6.03 Å². The summed E-state index contributed by atoms with van der Waals surface area (Å²) in [5.41, 5.74) is 6.05. The van der Waals surface area contributed by atoms with Crippen LogP contribution in [0.3, 0.4) is 0 Å². The molecule has 0 atom stereocenters. The molecule has 0 aliphatic carbocycles. The summed E-state index contributed by atoms with van der Waals surface area (Å²) in [4.78, 5) is 12.1. The second-order valence-corrected chi connectivity index (χ2v) is 2.25. The number of primary amides is 1. The predicted molar refractivity (Wildman–Crippen MR) is 43.7 cm³/mol. The first kappa shape index (κ1) is 7.60. The van der Waals surface area contributed by atoms with Gasteiger partial charge in [-0.25, -0.2) is 4.79 Å². The van der Waals surface area contributed by atoms with E-state index in [4.69, 9.17) is 5.73 Å². The van der Waals surface area contributed by atoms with E-state index in [1.165, 1.54) is 4.90 Å². The minimum atomic E-state index is -0.436. The Balaban J connectivity index is 2.69. The number of allylic oxidation sites excluding steroid dienone is 2. The van der Waals surface area contributed by atoms with Gasteiger partial charge in [-0.2, -0.15) is 0 Å². The summed E-state index contributed by atoms with van der Waals surface area (Å²) < 4.78 is 0. The summed E-state index contributed by atoms with van der Waals surface area (Å²) in [5.74, 6) is 0. The predicted octanol–water partition coefficient (Wildman–Crippen LogP) is 1.01. The van der Waals surface area contributed by atoms with Crippen molar-refractivity contribution in [3.63, 3.8) is 0 Å². The van der Waals surface area contributed by atoms with Crippen LogP contribution >= 0.6 is 0 Å². The molecule has 0 unspecified atom stereocenters. The maximum absolute atomic E-state index is 10.7. The summed E-state index contributed by atoms with van der Waals surface area (Å²) in [6, 6.07) is -0.436. The van der Waals surface area contributed by atoms with Gasteiger partial charge in [-0.05, 0) is 11.6 Å². The molecule has 2 N–H and O–H groups in total. The normalized spacial score (nSPS) is 16.0. The van der Waals surface area contributed by atoms with Crippen LogP contribution in [0.5, 0.6) is 0 Å². The number of amides is 2. The zero-order valence-electron chi connectivity index (χ0n) is 6.16. The summed E-state index contributed by atoms with van der Waals surface area (Å²) in [7, 11) is 0. The Bertz CT molecular complexity index is 240. The van der Waals surface area contributed by atoms with Gasteiger partial charge in [0.25, 0.3) is 0 Å². The third-order valence-electron chi connectivity index (χ3n) is 1.47. The van der Waals surface area contributed by atoms with Crippen LogP contribution in [0.25, 0.3) is 0 Å². The lowest BCUT2D eigenvalue weighted by Crippen LogP contribution is -2.33. The zero-order chi connectivity index (χ0) is 8.27. The van der Waals surface area contributed by atoms with Crippen LogP contribution in [0.1, 0.15) is 0 Å². The fourth-order valence-corrected chi connectivity index (χ4v) is 0.857. The Labute approximate surface area is 65.5 Å². The van der Waals surface area contributed by atoms with Gasteiger partial charge in [-0.15, -0.1) is 0 Å². The first-order chi connectivity index (χ1) is 5.24. The van der Waals surface area contributed by atoms with E-state index in [-0.39, 0.29) is 0 Å². The number of nitrogens with zero attached hydrogens (tertiary/aromatic N) is 1. The van der Waals surface area contributed by atoms with Crippen molar-refractivity contribution >= 4 is 6.03 Å². The maximum Gasteiger partial charge on any atom is 0.319 e. The highest BCUT2D eigenvalue weighted by molar-refractivity contribution is 5.74. The lowest BCUT2D eigenvalue weighted by molar-refractivity contribution is 0.227. The van der Waals surface area contributed by atoms with Crippen LogP contribution in [-0.2, 0) is 0 Å². The van der Waals surface area contributed by atoms with Crippen LogP contribution in [0.15, 0.2) is 36.6 Å². The number of carbonyl (C=O) groups is 1. The third-order valence-corrected chi connectivity index (χ3v) is 1.47. The van der Waals surface area contributed by atoms with E-state index in [0.717, 1.165) is 5.57 Å². The molecule has 1 heterocycles. The lowest BCUT2D eigenvalue weighted by Gasteiger charge is -2.18. The highest BCUT2D eigenvalue weighted by Gasteiger charge is 2.08. The molecule has 0 radical (unpaired) electrons. The third kappa shape index (κ3) is 1.70. The van der Waals surface area contributed by atoms with Crippen LogP contribution in [0.2, 0.25) is 0 Å². The second-order valence-electron chi connectivity index (χ2n) is 2.25. The maximum atomic E-state index is 10.7. The highest BCUT2D eigenvalue weighted by atomic mass is 16.2. The quantitative estimate of drug-likeness (QED) is 0.595. The van der Waals surface area contributed by atoms with Crippen LogP contribution in [-0.4, -0.2) is 17.5 Å². The number of carbonyl (C=O) groups excluding carboxylic acids is 1. The Morgan fingerprint density at radius 2 is 2.55 bits per heavy atom. The van der Waals surface area contributed by atoms with Crippen molar-refractivity contribution in [2.45, 2.75) is 0 Å². The molecule has 0 aromatic carbocycles. The van der Waals surface area contributed by atoms with Crippen molar-refractivity contribution in [3.05, 3.63) is 36.6 Å². The molecule has 1 rings (SSSR count). The SMILES string of the molecule is C=CC1=CC=CN(C(N)=O)C1. The van der Waals surface area contributed by atoms with E-state index in [1.807, 2.05) is 6.08 Å². The number of urea groups is 1. The fourth-order valence-electron chi connectivity index (χ4n) is 0.857. The molecule has 3 nitrogen and oxygen atoms in total. The van der Waals surface area contributed by atoms with E-state index >= 15 is 0 Å². The molecule has 11 heavy (non-hydrogen) atoms. The number of hydrogen-bond acceptors (Lipinski definition) is 1. The van der Waals surface area contributed by atoms with Gasteiger partial charge in [0.1, 0.15) is 0 Å². The number of hydrogen-bond donors (Lipinski definition) is 1. The smallest absolute Gasteiger partial charge is 0.319 e. The minimum absolute atomic E-state index is 0.436. The summed E-state index contributed by atoms with van der Waals surface area (Å²) in [6.45, 7) is 4.12. The van der Waals surface area contributed by atoms with E-state index in [9.17, 15) is 4.79 Å². The zero-order valence-corrected chi connectivity index (χ0v) is 6.16. The molecule has 0 saturated heterocycles. The van der Waals surface area contributed by atoms with Gasteiger partial charge in [0.05, 0.1) is 6.54 Å².